The molecule has 1 atom stereocenters. The average molecular weight is 506 g/mol. The van der Waals surface area contributed by atoms with Crippen molar-refractivity contribution in [3.8, 4) is 5.69 Å². The van der Waals surface area contributed by atoms with Gasteiger partial charge in [0.05, 0.1) is 23.6 Å². The summed E-state index contributed by atoms with van der Waals surface area (Å²) in [6.07, 6.45) is 8.45. The molecule has 0 aliphatic rings. The van der Waals surface area contributed by atoms with Crippen molar-refractivity contribution in [2.45, 2.75) is 53.5 Å². The van der Waals surface area contributed by atoms with Crippen LogP contribution in [0.4, 0.5) is 10.2 Å². The normalized spacial score (nSPS) is 11.7. The summed E-state index contributed by atoms with van der Waals surface area (Å²) in [6.45, 7) is 13.3. The van der Waals surface area contributed by atoms with Crippen molar-refractivity contribution in [2.75, 3.05) is 11.9 Å². The Bertz CT molecular complexity index is 1250. The Morgan fingerprint density at radius 2 is 1.84 bits per heavy atom. The molecule has 3 aromatic rings. The molecule has 7 nitrogen and oxygen atoms in total. The van der Waals surface area contributed by atoms with E-state index in [1.165, 1.54) is 30.4 Å². The second kappa shape index (κ2) is 13.9. The Morgan fingerprint density at radius 1 is 1.19 bits per heavy atom. The topological polar surface area (TPSA) is 80.1 Å². The number of amides is 2. The molecule has 0 fully saturated rings. The number of carbonyl (C=O) groups excluding carboxylic acids is 2. The number of anilines is 1. The van der Waals surface area contributed by atoms with Crippen LogP contribution < -0.4 is 10.2 Å². The fraction of sp³-hybridized carbons (Fsp3) is 0.310. The third kappa shape index (κ3) is 7.22. The second-order valence-corrected chi connectivity index (χ2v) is 8.40. The van der Waals surface area contributed by atoms with Gasteiger partial charge in [-0.25, -0.2) is 14.1 Å². The van der Waals surface area contributed by atoms with Crippen LogP contribution in [-0.2, 0) is 9.59 Å². The molecule has 3 rings (SSSR count). The molecule has 0 bridgehead atoms. The lowest BCUT2D eigenvalue weighted by molar-refractivity contribution is -0.117. The van der Waals surface area contributed by atoms with E-state index in [1.807, 2.05) is 13.0 Å². The van der Waals surface area contributed by atoms with Gasteiger partial charge in [-0.05, 0) is 61.4 Å². The standard InChI is InChI=1S/C26H28FN5O2.C3H8/c1-6-21(22-16-29-32(24(22)8-3)20-11-9-19(27)10-12-20)26(34)30-23(7-2)18-13-14-28-25(15-18)31(5)17(4)33;1-3-2/h6,8-16,23H,3,7H2,1-2,4-5H3,(H,30,34);3H2,1-2H3/b21-6+;. The van der Waals surface area contributed by atoms with Crippen molar-refractivity contribution in [1.82, 2.24) is 20.1 Å². The van der Waals surface area contributed by atoms with Gasteiger partial charge in [0.2, 0.25) is 5.91 Å². The van der Waals surface area contributed by atoms with Crippen LogP contribution in [0.3, 0.4) is 0 Å². The van der Waals surface area contributed by atoms with Gasteiger partial charge in [0, 0.05) is 31.3 Å². The lowest BCUT2D eigenvalue weighted by Crippen LogP contribution is -2.29. The van der Waals surface area contributed by atoms with Crippen LogP contribution in [0.2, 0.25) is 0 Å². The number of hydrogen-bond acceptors (Lipinski definition) is 4. The summed E-state index contributed by atoms with van der Waals surface area (Å²) in [4.78, 5) is 30.7. The summed E-state index contributed by atoms with van der Waals surface area (Å²) >= 11 is 0. The first kappa shape index (κ1) is 29.2. The number of carbonyl (C=O) groups is 2. The quantitative estimate of drug-likeness (QED) is 0.374. The predicted molar refractivity (Wildman–Crippen MR) is 148 cm³/mol. The van der Waals surface area contributed by atoms with Gasteiger partial charge in [-0.1, -0.05) is 39.8 Å². The maximum atomic E-state index is 13.3. The van der Waals surface area contributed by atoms with Crippen LogP contribution in [-0.4, -0.2) is 33.6 Å². The summed E-state index contributed by atoms with van der Waals surface area (Å²) in [5.74, 6) is -0.231. The molecule has 37 heavy (non-hydrogen) atoms. The zero-order chi connectivity index (χ0) is 27.5. The number of pyridine rings is 1. The molecule has 0 aliphatic heterocycles. The van der Waals surface area contributed by atoms with Crippen LogP contribution in [0.5, 0.6) is 0 Å². The Labute approximate surface area is 218 Å². The molecule has 1 aromatic carbocycles. The minimum Gasteiger partial charge on any atom is -0.345 e. The maximum Gasteiger partial charge on any atom is 0.252 e. The lowest BCUT2D eigenvalue weighted by atomic mass is 10.0. The molecule has 196 valence electrons. The Hall–Kier alpha value is -4.07. The molecule has 0 saturated heterocycles. The molecule has 1 unspecified atom stereocenters. The van der Waals surface area contributed by atoms with Gasteiger partial charge in [-0.3, -0.25) is 9.59 Å². The molecule has 2 aromatic heterocycles. The van der Waals surface area contributed by atoms with E-state index < -0.39 is 0 Å². The van der Waals surface area contributed by atoms with Gasteiger partial charge in [-0.2, -0.15) is 5.10 Å². The molecule has 1 N–H and O–H groups in total. The Kier molecular flexibility index (Phi) is 10.9. The van der Waals surface area contributed by atoms with Crippen LogP contribution >= 0.6 is 0 Å². The Balaban J connectivity index is 0.00000153. The highest BCUT2D eigenvalue weighted by Gasteiger charge is 2.22. The smallest absolute Gasteiger partial charge is 0.252 e. The zero-order valence-corrected chi connectivity index (χ0v) is 22.5. The van der Waals surface area contributed by atoms with Crippen molar-refractivity contribution in [3.63, 3.8) is 0 Å². The third-order valence-corrected chi connectivity index (χ3v) is 5.60. The Morgan fingerprint density at radius 3 is 2.38 bits per heavy atom. The van der Waals surface area contributed by atoms with E-state index in [2.05, 4.69) is 35.8 Å². The van der Waals surface area contributed by atoms with Crippen LogP contribution in [0.1, 0.15) is 70.3 Å². The second-order valence-electron chi connectivity index (χ2n) is 8.40. The number of rotatable bonds is 8. The van der Waals surface area contributed by atoms with Gasteiger partial charge >= 0.3 is 0 Å². The number of nitrogens with one attached hydrogen (secondary N) is 1. The number of halogens is 1. The first-order chi connectivity index (χ1) is 17.7. The average Bonchev–Trinajstić information content (AvgIpc) is 3.31. The fourth-order valence-electron chi connectivity index (χ4n) is 3.61. The molecule has 8 heteroatoms. The van der Waals surface area contributed by atoms with Crippen molar-refractivity contribution in [2.24, 2.45) is 0 Å². The first-order valence-electron chi connectivity index (χ1n) is 12.4. The summed E-state index contributed by atoms with van der Waals surface area (Å²) in [6, 6.07) is 9.26. The number of aromatic nitrogens is 3. The van der Waals surface area contributed by atoms with Crippen molar-refractivity contribution in [1.29, 1.82) is 0 Å². The molecule has 0 radical (unpaired) electrons. The summed E-state index contributed by atoms with van der Waals surface area (Å²) < 4.78 is 15.0. The van der Waals surface area contributed by atoms with Gasteiger partial charge < -0.3 is 10.2 Å². The highest BCUT2D eigenvalue weighted by Crippen LogP contribution is 2.26. The van der Waals surface area contributed by atoms with E-state index in [9.17, 15) is 14.0 Å². The number of allylic oxidation sites excluding steroid dienone is 1. The number of hydrogen-bond donors (Lipinski definition) is 1. The van der Waals surface area contributed by atoms with E-state index in [4.69, 9.17) is 0 Å². The van der Waals surface area contributed by atoms with Gasteiger partial charge in [0.25, 0.3) is 5.91 Å². The SMILES string of the molecule is C=Cc1c(/C(=C\C)C(=O)NC(CC)c2ccnc(N(C)C(C)=O)c2)cnn1-c1ccc(F)cc1.CCC. The van der Waals surface area contributed by atoms with Crippen molar-refractivity contribution >= 4 is 29.3 Å². The molecule has 0 saturated carbocycles. The summed E-state index contributed by atoms with van der Waals surface area (Å²) in [7, 11) is 1.65. The predicted octanol–water partition coefficient (Wildman–Crippen LogP) is 6.12. The van der Waals surface area contributed by atoms with E-state index in [1.54, 1.807) is 61.4 Å². The van der Waals surface area contributed by atoms with Gasteiger partial charge in [0.1, 0.15) is 11.6 Å². The van der Waals surface area contributed by atoms with E-state index in [0.717, 1.165) is 5.56 Å². The third-order valence-electron chi connectivity index (χ3n) is 5.60. The monoisotopic (exact) mass is 505 g/mol. The number of nitrogens with zero attached hydrogens (tertiary/aromatic N) is 4. The molecule has 2 heterocycles. The van der Waals surface area contributed by atoms with Crippen LogP contribution in [0.15, 0.2) is 61.4 Å². The lowest BCUT2D eigenvalue weighted by Gasteiger charge is -2.21. The van der Waals surface area contributed by atoms with E-state index >= 15 is 0 Å². The zero-order valence-electron chi connectivity index (χ0n) is 22.5. The first-order valence-corrected chi connectivity index (χ1v) is 12.4. The minimum absolute atomic E-state index is 0.131. The van der Waals surface area contributed by atoms with E-state index in [-0.39, 0.29) is 23.7 Å². The molecule has 0 aliphatic carbocycles. The molecule has 2 amide bonds. The molecular weight excluding hydrogens is 469 g/mol. The highest BCUT2D eigenvalue weighted by atomic mass is 19.1. The molecule has 0 spiro atoms. The summed E-state index contributed by atoms with van der Waals surface area (Å²) in [5, 5.41) is 7.48. The largest absolute Gasteiger partial charge is 0.345 e. The van der Waals surface area contributed by atoms with Crippen molar-refractivity contribution in [3.05, 3.63) is 84.1 Å². The minimum atomic E-state index is -0.343. The van der Waals surface area contributed by atoms with Gasteiger partial charge in [0.15, 0.2) is 0 Å². The summed E-state index contributed by atoms with van der Waals surface area (Å²) in [5.41, 5.74) is 3.18. The van der Waals surface area contributed by atoms with Crippen LogP contribution in [0.25, 0.3) is 17.3 Å². The molecular formula is C29H36FN5O2. The maximum absolute atomic E-state index is 13.3. The van der Waals surface area contributed by atoms with E-state index in [0.29, 0.717) is 34.8 Å². The van der Waals surface area contributed by atoms with Crippen molar-refractivity contribution < 1.29 is 14.0 Å². The highest BCUT2D eigenvalue weighted by molar-refractivity contribution is 6.20. The van der Waals surface area contributed by atoms with Crippen LogP contribution in [0, 0.1) is 5.82 Å². The fourth-order valence-corrected chi connectivity index (χ4v) is 3.61. The van der Waals surface area contributed by atoms with Gasteiger partial charge in [-0.15, -0.1) is 0 Å². The number of benzene rings is 1.